The number of halogens is 2. The summed E-state index contributed by atoms with van der Waals surface area (Å²) in [5.74, 6) is -0.336. The highest BCUT2D eigenvalue weighted by Gasteiger charge is 2.11. The summed E-state index contributed by atoms with van der Waals surface area (Å²) in [5.41, 5.74) is 0.295. The Kier molecular flexibility index (Phi) is 5.69. The minimum Gasteiger partial charge on any atom is -0.435 e. The predicted octanol–water partition coefficient (Wildman–Crippen LogP) is 1.97. The third-order valence-corrected chi connectivity index (χ3v) is 2.76. The fraction of sp³-hybridized carbons (Fsp3) is 0.462. The SMILES string of the molecule is CC(CNC(=O)c1cccc(OC(F)F)c1)N(C)C. The minimum absolute atomic E-state index is 0.0247. The van der Waals surface area contributed by atoms with Crippen LogP contribution >= 0.6 is 0 Å². The number of hydrogen-bond acceptors (Lipinski definition) is 3. The number of benzene rings is 1. The van der Waals surface area contributed by atoms with Crippen molar-refractivity contribution >= 4 is 5.91 Å². The van der Waals surface area contributed by atoms with E-state index in [1.807, 2.05) is 25.9 Å². The van der Waals surface area contributed by atoms with Crippen molar-refractivity contribution in [2.75, 3.05) is 20.6 Å². The molecule has 0 aliphatic rings. The van der Waals surface area contributed by atoms with E-state index < -0.39 is 6.61 Å². The van der Waals surface area contributed by atoms with Gasteiger partial charge in [-0.05, 0) is 39.2 Å². The molecule has 0 aliphatic carbocycles. The van der Waals surface area contributed by atoms with Gasteiger partial charge in [0.15, 0.2) is 0 Å². The van der Waals surface area contributed by atoms with Gasteiger partial charge in [0.05, 0.1) is 0 Å². The molecule has 0 aromatic heterocycles. The average molecular weight is 272 g/mol. The van der Waals surface area contributed by atoms with E-state index in [4.69, 9.17) is 0 Å². The van der Waals surface area contributed by atoms with E-state index in [1.54, 1.807) is 6.07 Å². The maximum atomic E-state index is 12.1. The Morgan fingerprint density at radius 1 is 1.42 bits per heavy atom. The number of rotatable bonds is 6. The zero-order valence-electron chi connectivity index (χ0n) is 11.2. The van der Waals surface area contributed by atoms with Crippen LogP contribution in [0.5, 0.6) is 5.75 Å². The number of carbonyl (C=O) groups excluding carboxylic acids is 1. The molecule has 0 bridgehead atoms. The predicted molar refractivity (Wildman–Crippen MR) is 68.6 cm³/mol. The van der Waals surface area contributed by atoms with Crippen molar-refractivity contribution in [2.24, 2.45) is 0 Å². The lowest BCUT2D eigenvalue weighted by Crippen LogP contribution is -2.38. The Hall–Kier alpha value is -1.69. The smallest absolute Gasteiger partial charge is 0.387 e. The molecule has 1 aromatic rings. The van der Waals surface area contributed by atoms with Crippen LogP contribution in [0.1, 0.15) is 17.3 Å². The van der Waals surface area contributed by atoms with Crippen LogP contribution in [0.25, 0.3) is 0 Å². The normalized spacial score (nSPS) is 12.6. The zero-order valence-corrected chi connectivity index (χ0v) is 11.2. The van der Waals surface area contributed by atoms with E-state index in [0.717, 1.165) is 0 Å². The van der Waals surface area contributed by atoms with E-state index in [2.05, 4.69) is 10.1 Å². The fourth-order valence-corrected chi connectivity index (χ4v) is 1.34. The van der Waals surface area contributed by atoms with Crippen LogP contribution in [0.4, 0.5) is 8.78 Å². The molecule has 6 heteroatoms. The number of carbonyl (C=O) groups is 1. The minimum atomic E-state index is -2.90. The number of likely N-dealkylation sites (N-methyl/N-ethyl adjacent to an activating group) is 1. The van der Waals surface area contributed by atoms with Gasteiger partial charge in [-0.3, -0.25) is 4.79 Å². The van der Waals surface area contributed by atoms with Gasteiger partial charge in [0.2, 0.25) is 0 Å². The molecule has 0 saturated heterocycles. The van der Waals surface area contributed by atoms with Gasteiger partial charge < -0.3 is 15.0 Å². The van der Waals surface area contributed by atoms with Crippen LogP contribution in [0.3, 0.4) is 0 Å². The Balaban J connectivity index is 2.61. The summed E-state index contributed by atoms with van der Waals surface area (Å²) in [6.45, 7) is -0.449. The quantitative estimate of drug-likeness (QED) is 0.861. The summed E-state index contributed by atoms with van der Waals surface area (Å²) < 4.78 is 28.4. The van der Waals surface area contributed by atoms with Gasteiger partial charge >= 0.3 is 6.61 Å². The van der Waals surface area contributed by atoms with Crippen LogP contribution in [0, 0.1) is 0 Å². The number of ether oxygens (including phenoxy) is 1. The first-order valence-electron chi connectivity index (χ1n) is 5.89. The number of amides is 1. The van der Waals surface area contributed by atoms with Gasteiger partial charge in [0.1, 0.15) is 5.75 Å². The third kappa shape index (κ3) is 5.21. The highest BCUT2D eigenvalue weighted by Crippen LogP contribution is 2.15. The first-order valence-corrected chi connectivity index (χ1v) is 5.89. The number of hydrogen-bond donors (Lipinski definition) is 1. The van der Waals surface area contributed by atoms with Gasteiger partial charge in [-0.2, -0.15) is 8.78 Å². The largest absolute Gasteiger partial charge is 0.435 e. The Morgan fingerprint density at radius 2 is 2.11 bits per heavy atom. The standard InChI is InChI=1S/C13H18F2N2O2/c1-9(17(2)3)8-16-12(18)10-5-4-6-11(7-10)19-13(14)15/h4-7,9,13H,8H2,1-3H3,(H,16,18). The van der Waals surface area contributed by atoms with Gasteiger partial charge in [-0.15, -0.1) is 0 Å². The molecule has 0 saturated carbocycles. The summed E-state index contributed by atoms with van der Waals surface area (Å²) >= 11 is 0. The highest BCUT2D eigenvalue weighted by molar-refractivity contribution is 5.94. The van der Waals surface area contributed by atoms with E-state index in [9.17, 15) is 13.6 Å². The second-order valence-corrected chi connectivity index (χ2v) is 4.43. The zero-order chi connectivity index (χ0) is 14.4. The molecule has 0 fully saturated rings. The van der Waals surface area contributed by atoms with Gasteiger partial charge in [0, 0.05) is 18.2 Å². The molecule has 1 aromatic carbocycles. The third-order valence-electron chi connectivity index (χ3n) is 2.76. The van der Waals surface area contributed by atoms with Gasteiger partial charge in [0.25, 0.3) is 5.91 Å². The molecule has 1 unspecified atom stereocenters. The number of nitrogens with one attached hydrogen (secondary N) is 1. The lowest BCUT2D eigenvalue weighted by atomic mass is 10.2. The average Bonchev–Trinajstić information content (AvgIpc) is 2.34. The molecule has 1 amide bonds. The Morgan fingerprint density at radius 3 is 2.68 bits per heavy atom. The van der Waals surface area contributed by atoms with Crippen LogP contribution in [0.2, 0.25) is 0 Å². The second-order valence-electron chi connectivity index (χ2n) is 4.43. The maximum Gasteiger partial charge on any atom is 0.387 e. The first-order chi connectivity index (χ1) is 8.90. The number of nitrogens with zero attached hydrogens (tertiary/aromatic N) is 1. The Bertz CT molecular complexity index is 425. The summed E-state index contributed by atoms with van der Waals surface area (Å²) in [7, 11) is 3.82. The molecule has 1 N–H and O–H groups in total. The van der Waals surface area contributed by atoms with Crippen molar-refractivity contribution in [3.8, 4) is 5.75 Å². The van der Waals surface area contributed by atoms with Crippen molar-refractivity contribution in [3.05, 3.63) is 29.8 Å². The number of alkyl halides is 2. The van der Waals surface area contributed by atoms with Crippen LogP contribution < -0.4 is 10.1 Å². The van der Waals surface area contributed by atoms with E-state index >= 15 is 0 Å². The maximum absolute atomic E-state index is 12.1. The fourth-order valence-electron chi connectivity index (χ4n) is 1.34. The van der Waals surface area contributed by atoms with Crippen molar-refractivity contribution in [1.29, 1.82) is 0 Å². The second kappa shape index (κ2) is 7.04. The molecular weight excluding hydrogens is 254 g/mol. The van der Waals surface area contributed by atoms with Crippen molar-refractivity contribution < 1.29 is 18.3 Å². The van der Waals surface area contributed by atoms with Crippen molar-refractivity contribution in [1.82, 2.24) is 10.2 Å². The summed E-state index contributed by atoms with van der Waals surface area (Å²) in [5, 5.41) is 2.74. The highest BCUT2D eigenvalue weighted by atomic mass is 19.3. The van der Waals surface area contributed by atoms with Crippen molar-refractivity contribution in [2.45, 2.75) is 19.6 Å². The molecule has 0 radical (unpaired) electrons. The molecule has 106 valence electrons. The monoisotopic (exact) mass is 272 g/mol. The van der Waals surface area contributed by atoms with Crippen LogP contribution in [-0.2, 0) is 0 Å². The molecule has 1 rings (SSSR count). The molecule has 4 nitrogen and oxygen atoms in total. The summed E-state index contributed by atoms with van der Waals surface area (Å²) in [6, 6.07) is 5.91. The molecule has 0 heterocycles. The summed E-state index contributed by atoms with van der Waals surface area (Å²) in [6.07, 6.45) is 0. The van der Waals surface area contributed by atoms with Crippen molar-refractivity contribution in [3.63, 3.8) is 0 Å². The summed E-state index contributed by atoms with van der Waals surface area (Å²) in [4.78, 5) is 13.8. The Labute approximate surface area is 111 Å². The topological polar surface area (TPSA) is 41.6 Å². The van der Waals surface area contributed by atoms with Crippen LogP contribution in [0.15, 0.2) is 24.3 Å². The molecule has 0 aliphatic heterocycles. The first kappa shape index (κ1) is 15.4. The van der Waals surface area contributed by atoms with Gasteiger partial charge in [-0.1, -0.05) is 6.07 Å². The lowest BCUT2D eigenvalue weighted by molar-refractivity contribution is -0.0498. The van der Waals surface area contributed by atoms with E-state index in [0.29, 0.717) is 12.1 Å². The lowest BCUT2D eigenvalue weighted by Gasteiger charge is -2.20. The molecular formula is C13H18F2N2O2. The molecule has 19 heavy (non-hydrogen) atoms. The molecule has 1 atom stereocenters. The molecule has 0 spiro atoms. The van der Waals surface area contributed by atoms with Crippen LogP contribution in [-0.4, -0.2) is 44.1 Å². The van der Waals surface area contributed by atoms with E-state index in [1.165, 1.54) is 18.2 Å². The van der Waals surface area contributed by atoms with Gasteiger partial charge in [-0.25, -0.2) is 0 Å². The van der Waals surface area contributed by atoms with E-state index in [-0.39, 0.29) is 17.7 Å².